The fraction of sp³-hybridized carbons (Fsp3) is 0.385. The van der Waals surface area contributed by atoms with Gasteiger partial charge in [0.2, 0.25) is 5.91 Å². The largest absolute Gasteiger partial charge is 0.468 e. The molecule has 0 atom stereocenters. The SMILES string of the molecule is COC(=O)CNC(=O)CCc1ccc(C)cc1. The van der Waals surface area contributed by atoms with Crippen LogP contribution in [0.3, 0.4) is 0 Å². The van der Waals surface area contributed by atoms with E-state index in [-0.39, 0.29) is 12.5 Å². The first kappa shape index (κ1) is 13.2. The van der Waals surface area contributed by atoms with Crippen molar-refractivity contribution in [3.8, 4) is 0 Å². The number of carbonyl (C=O) groups is 2. The van der Waals surface area contributed by atoms with Crippen LogP contribution in [0.4, 0.5) is 0 Å². The van der Waals surface area contributed by atoms with Crippen molar-refractivity contribution in [1.82, 2.24) is 5.32 Å². The quantitative estimate of drug-likeness (QED) is 0.781. The predicted octanol–water partition coefficient (Wildman–Crippen LogP) is 1.22. The third-order valence-electron chi connectivity index (χ3n) is 2.42. The van der Waals surface area contributed by atoms with E-state index < -0.39 is 5.97 Å². The standard InChI is InChI=1S/C13H17NO3/c1-10-3-5-11(6-4-10)7-8-12(15)14-9-13(16)17-2/h3-6H,7-9H2,1-2H3,(H,14,15). The molecule has 1 aromatic carbocycles. The van der Waals surface area contributed by atoms with Crippen molar-refractivity contribution in [2.24, 2.45) is 0 Å². The maximum atomic E-state index is 11.4. The van der Waals surface area contributed by atoms with E-state index in [0.717, 1.165) is 5.56 Å². The average Bonchev–Trinajstić information content (AvgIpc) is 2.35. The molecule has 0 aliphatic carbocycles. The summed E-state index contributed by atoms with van der Waals surface area (Å²) in [7, 11) is 1.29. The molecular weight excluding hydrogens is 218 g/mol. The third kappa shape index (κ3) is 5.15. The first-order chi connectivity index (χ1) is 8.11. The fourth-order valence-corrected chi connectivity index (χ4v) is 1.34. The van der Waals surface area contributed by atoms with Gasteiger partial charge in [0.1, 0.15) is 6.54 Å². The van der Waals surface area contributed by atoms with Gasteiger partial charge in [-0.1, -0.05) is 29.8 Å². The molecular formula is C13H17NO3. The minimum atomic E-state index is -0.436. The Morgan fingerprint density at radius 1 is 1.24 bits per heavy atom. The number of methoxy groups -OCH3 is 1. The van der Waals surface area contributed by atoms with Gasteiger partial charge in [-0.3, -0.25) is 9.59 Å². The number of nitrogens with one attached hydrogen (secondary N) is 1. The Balaban J connectivity index is 2.28. The van der Waals surface area contributed by atoms with Crippen molar-refractivity contribution in [3.63, 3.8) is 0 Å². The van der Waals surface area contributed by atoms with Crippen LogP contribution in [0.2, 0.25) is 0 Å². The molecule has 1 amide bonds. The van der Waals surface area contributed by atoms with Crippen LogP contribution in [-0.2, 0) is 20.7 Å². The molecule has 0 radical (unpaired) electrons. The monoisotopic (exact) mass is 235 g/mol. The maximum Gasteiger partial charge on any atom is 0.325 e. The van der Waals surface area contributed by atoms with E-state index in [1.165, 1.54) is 12.7 Å². The number of benzene rings is 1. The van der Waals surface area contributed by atoms with Gasteiger partial charge in [0, 0.05) is 6.42 Å². The average molecular weight is 235 g/mol. The molecule has 1 aromatic rings. The summed E-state index contributed by atoms with van der Waals surface area (Å²) in [5.41, 5.74) is 2.31. The van der Waals surface area contributed by atoms with E-state index >= 15 is 0 Å². The zero-order valence-electron chi connectivity index (χ0n) is 10.2. The van der Waals surface area contributed by atoms with Crippen LogP contribution in [0.5, 0.6) is 0 Å². The number of hydrogen-bond donors (Lipinski definition) is 1. The molecule has 0 unspecified atom stereocenters. The lowest BCUT2D eigenvalue weighted by atomic mass is 10.1. The molecule has 0 bridgehead atoms. The van der Waals surface area contributed by atoms with Crippen LogP contribution < -0.4 is 5.32 Å². The summed E-state index contributed by atoms with van der Waals surface area (Å²) in [4.78, 5) is 22.2. The molecule has 0 aliphatic rings. The second-order valence-corrected chi connectivity index (χ2v) is 3.84. The van der Waals surface area contributed by atoms with Gasteiger partial charge in [0.25, 0.3) is 0 Å². The molecule has 0 fully saturated rings. The Kier molecular flexibility index (Phi) is 5.20. The number of hydrogen-bond acceptors (Lipinski definition) is 3. The van der Waals surface area contributed by atoms with E-state index in [4.69, 9.17) is 0 Å². The predicted molar refractivity (Wildman–Crippen MR) is 64.5 cm³/mol. The van der Waals surface area contributed by atoms with Crippen LogP contribution in [0, 0.1) is 6.92 Å². The van der Waals surface area contributed by atoms with Gasteiger partial charge in [-0.25, -0.2) is 0 Å². The topological polar surface area (TPSA) is 55.4 Å². The highest BCUT2D eigenvalue weighted by atomic mass is 16.5. The zero-order valence-corrected chi connectivity index (χ0v) is 10.2. The second-order valence-electron chi connectivity index (χ2n) is 3.84. The van der Waals surface area contributed by atoms with Gasteiger partial charge >= 0.3 is 5.97 Å². The molecule has 0 saturated heterocycles. The van der Waals surface area contributed by atoms with Crippen molar-refractivity contribution >= 4 is 11.9 Å². The van der Waals surface area contributed by atoms with Crippen LogP contribution in [0.15, 0.2) is 24.3 Å². The van der Waals surface area contributed by atoms with Gasteiger partial charge < -0.3 is 10.1 Å². The van der Waals surface area contributed by atoms with Crippen molar-refractivity contribution < 1.29 is 14.3 Å². The Labute approximate surface area is 101 Å². The molecule has 0 saturated carbocycles. The molecule has 92 valence electrons. The highest BCUT2D eigenvalue weighted by Crippen LogP contribution is 2.05. The zero-order chi connectivity index (χ0) is 12.7. The van der Waals surface area contributed by atoms with Gasteiger partial charge in [-0.2, -0.15) is 0 Å². The number of amides is 1. The first-order valence-electron chi connectivity index (χ1n) is 5.51. The molecule has 4 nitrogen and oxygen atoms in total. The summed E-state index contributed by atoms with van der Waals surface area (Å²) in [6.07, 6.45) is 1.05. The van der Waals surface area contributed by atoms with E-state index in [2.05, 4.69) is 10.1 Å². The van der Waals surface area contributed by atoms with Crippen LogP contribution in [-0.4, -0.2) is 25.5 Å². The Bertz CT molecular complexity index is 384. The van der Waals surface area contributed by atoms with Crippen molar-refractivity contribution in [2.45, 2.75) is 19.8 Å². The molecule has 0 spiro atoms. The minimum Gasteiger partial charge on any atom is -0.468 e. The summed E-state index contributed by atoms with van der Waals surface area (Å²) in [6.45, 7) is 1.95. The molecule has 0 aromatic heterocycles. The Morgan fingerprint density at radius 3 is 2.47 bits per heavy atom. The minimum absolute atomic E-state index is 0.0662. The van der Waals surface area contributed by atoms with Gasteiger partial charge in [-0.15, -0.1) is 0 Å². The Hall–Kier alpha value is -1.84. The van der Waals surface area contributed by atoms with Crippen molar-refractivity contribution in [1.29, 1.82) is 0 Å². The van der Waals surface area contributed by atoms with E-state index in [0.29, 0.717) is 12.8 Å². The smallest absolute Gasteiger partial charge is 0.325 e. The lowest BCUT2D eigenvalue weighted by Crippen LogP contribution is -2.30. The molecule has 4 heteroatoms. The summed E-state index contributed by atoms with van der Waals surface area (Å²) >= 11 is 0. The first-order valence-corrected chi connectivity index (χ1v) is 5.51. The molecule has 0 heterocycles. The summed E-state index contributed by atoms with van der Waals surface area (Å²) < 4.78 is 4.42. The normalized spacial score (nSPS) is 9.76. The maximum absolute atomic E-state index is 11.4. The lowest BCUT2D eigenvalue weighted by Gasteiger charge is -2.04. The van der Waals surface area contributed by atoms with E-state index in [1.807, 2.05) is 31.2 Å². The highest BCUT2D eigenvalue weighted by molar-refractivity contribution is 5.81. The lowest BCUT2D eigenvalue weighted by molar-refractivity contribution is -0.141. The summed E-state index contributed by atoms with van der Waals surface area (Å²) in [5, 5.41) is 2.50. The summed E-state index contributed by atoms with van der Waals surface area (Å²) in [6, 6.07) is 8.04. The van der Waals surface area contributed by atoms with Crippen molar-refractivity contribution in [3.05, 3.63) is 35.4 Å². The van der Waals surface area contributed by atoms with Crippen molar-refractivity contribution in [2.75, 3.05) is 13.7 Å². The fourth-order valence-electron chi connectivity index (χ4n) is 1.34. The number of aryl methyl sites for hydroxylation is 2. The Morgan fingerprint density at radius 2 is 1.88 bits per heavy atom. The number of carbonyl (C=O) groups excluding carboxylic acids is 2. The van der Waals surface area contributed by atoms with E-state index in [1.54, 1.807) is 0 Å². The molecule has 1 N–H and O–H groups in total. The van der Waals surface area contributed by atoms with Gasteiger partial charge in [0.05, 0.1) is 7.11 Å². The molecule has 1 rings (SSSR count). The second kappa shape index (κ2) is 6.68. The van der Waals surface area contributed by atoms with Crippen LogP contribution in [0.25, 0.3) is 0 Å². The number of esters is 1. The molecule has 17 heavy (non-hydrogen) atoms. The number of ether oxygens (including phenoxy) is 1. The highest BCUT2D eigenvalue weighted by Gasteiger charge is 2.05. The van der Waals surface area contributed by atoms with Gasteiger partial charge in [0.15, 0.2) is 0 Å². The van der Waals surface area contributed by atoms with Crippen LogP contribution in [0.1, 0.15) is 17.5 Å². The van der Waals surface area contributed by atoms with Gasteiger partial charge in [-0.05, 0) is 18.9 Å². The van der Waals surface area contributed by atoms with Crippen LogP contribution >= 0.6 is 0 Å². The number of rotatable bonds is 5. The third-order valence-corrected chi connectivity index (χ3v) is 2.42. The van der Waals surface area contributed by atoms with E-state index in [9.17, 15) is 9.59 Å². The molecule has 0 aliphatic heterocycles. The summed E-state index contributed by atoms with van der Waals surface area (Å²) in [5.74, 6) is -0.579.